The molecule has 1 fully saturated rings. The van der Waals surface area contributed by atoms with Gasteiger partial charge in [-0.05, 0) is 38.0 Å². The van der Waals surface area contributed by atoms with Crippen molar-refractivity contribution in [3.8, 4) is 0 Å². The molecule has 0 amide bonds. The average Bonchev–Trinajstić information content (AvgIpc) is 3.34. The number of nitrogens with two attached hydrogens (primary N) is 1. The van der Waals surface area contributed by atoms with Crippen molar-refractivity contribution in [3.05, 3.63) is 50.9 Å². The fourth-order valence-electron chi connectivity index (χ4n) is 2.66. The van der Waals surface area contributed by atoms with Gasteiger partial charge in [0.1, 0.15) is 11.7 Å². The maximum absolute atomic E-state index is 14.7. The molecule has 0 saturated heterocycles. The lowest BCUT2D eigenvalue weighted by molar-refractivity contribution is 0.580. The summed E-state index contributed by atoms with van der Waals surface area (Å²) in [7, 11) is 1.70. The molecule has 7 heteroatoms. The molecule has 136 valence electrons. The summed E-state index contributed by atoms with van der Waals surface area (Å²) in [5, 5.41) is 6.44. The number of nitrogens with zero attached hydrogens (tertiary/aromatic N) is 4. The Bertz CT molecular complexity index is 963. The van der Waals surface area contributed by atoms with Crippen molar-refractivity contribution >= 4 is 35.8 Å². The SMILES string of the molecule is C/C=c1\c(=C/C=NC)cnn1Cc1c(F)cc(C(N)=NC2CC2)cc1Cl. The molecule has 5 nitrogen and oxygen atoms in total. The first kappa shape index (κ1) is 18.3. The van der Waals surface area contributed by atoms with Crippen LogP contribution in [0.25, 0.3) is 12.2 Å². The van der Waals surface area contributed by atoms with Gasteiger partial charge < -0.3 is 5.73 Å². The fourth-order valence-corrected chi connectivity index (χ4v) is 2.93. The van der Waals surface area contributed by atoms with Gasteiger partial charge in [0.2, 0.25) is 0 Å². The van der Waals surface area contributed by atoms with Gasteiger partial charge in [0, 0.05) is 34.6 Å². The van der Waals surface area contributed by atoms with Gasteiger partial charge in [0.05, 0.1) is 24.1 Å². The molecule has 0 unspecified atom stereocenters. The van der Waals surface area contributed by atoms with E-state index in [0.29, 0.717) is 22.0 Å². The second-order valence-electron chi connectivity index (χ2n) is 6.17. The molecule has 3 rings (SSSR count). The molecule has 1 aromatic heterocycles. The molecule has 0 atom stereocenters. The topological polar surface area (TPSA) is 68.6 Å². The quantitative estimate of drug-likeness (QED) is 0.642. The predicted octanol–water partition coefficient (Wildman–Crippen LogP) is 1.87. The molecule has 26 heavy (non-hydrogen) atoms. The van der Waals surface area contributed by atoms with Crippen LogP contribution >= 0.6 is 11.6 Å². The van der Waals surface area contributed by atoms with Crippen LogP contribution in [0.5, 0.6) is 0 Å². The molecule has 0 spiro atoms. The fraction of sp³-hybridized carbons (Fsp3) is 0.316. The van der Waals surface area contributed by atoms with E-state index < -0.39 is 5.82 Å². The normalized spacial score (nSPS) is 16.8. The number of amidine groups is 1. The Hall–Kier alpha value is -2.47. The Kier molecular flexibility index (Phi) is 5.52. The first-order valence-corrected chi connectivity index (χ1v) is 8.83. The molecular formula is C19H21ClFN5. The number of hydrogen-bond acceptors (Lipinski definition) is 3. The minimum atomic E-state index is -0.417. The van der Waals surface area contributed by atoms with E-state index >= 15 is 0 Å². The molecule has 2 N–H and O–H groups in total. The molecular weight excluding hydrogens is 353 g/mol. The summed E-state index contributed by atoms with van der Waals surface area (Å²) in [4.78, 5) is 8.29. The maximum Gasteiger partial charge on any atom is 0.130 e. The number of hydrogen-bond donors (Lipinski definition) is 1. The molecule has 0 aliphatic heterocycles. The van der Waals surface area contributed by atoms with Crippen molar-refractivity contribution in [2.45, 2.75) is 32.4 Å². The highest BCUT2D eigenvalue weighted by Gasteiger charge is 2.21. The first-order chi connectivity index (χ1) is 12.5. The highest BCUT2D eigenvalue weighted by Crippen LogP contribution is 2.26. The Labute approximate surface area is 156 Å². The minimum Gasteiger partial charge on any atom is -0.383 e. The molecule has 1 aliphatic rings. The van der Waals surface area contributed by atoms with Gasteiger partial charge in [0.25, 0.3) is 0 Å². The Balaban J connectivity index is 1.95. The van der Waals surface area contributed by atoms with Crippen LogP contribution in [-0.4, -0.2) is 34.9 Å². The van der Waals surface area contributed by atoms with E-state index in [-0.39, 0.29) is 12.6 Å². The standard InChI is InChI=1S/C19H21ClFN5/c1-3-18-12(6-7-23-2)10-24-26(18)11-15-16(20)8-13(9-17(15)21)19(22)25-14-4-5-14/h3,6-10,14H,4-5,11H2,1-2H3,(H2,22,25)/b12-6-,18-3+,23-7?. The maximum atomic E-state index is 14.7. The van der Waals surface area contributed by atoms with Crippen molar-refractivity contribution in [1.29, 1.82) is 0 Å². The van der Waals surface area contributed by atoms with Crippen molar-refractivity contribution in [2.75, 3.05) is 7.05 Å². The highest BCUT2D eigenvalue weighted by molar-refractivity contribution is 6.31. The number of benzene rings is 1. The van der Waals surface area contributed by atoms with Crippen molar-refractivity contribution in [1.82, 2.24) is 9.78 Å². The van der Waals surface area contributed by atoms with Gasteiger partial charge in [-0.1, -0.05) is 17.7 Å². The van der Waals surface area contributed by atoms with Crippen LogP contribution in [0.15, 0.2) is 28.3 Å². The van der Waals surface area contributed by atoms with Crippen LogP contribution in [0.2, 0.25) is 5.02 Å². The van der Waals surface area contributed by atoms with Crippen LogP contribution in [0.3, 0.4) is 0 Å². The molecule has 2 aromatic rings. The van der Waals surface area contributed by atoms with E-state index in [1.54, 1.807) is 30.2 Å². The van der Waals surface area contributed by atoms with Gasteiger partial charge >= 0.3 is 0 Å². The van der Waals surface area contributed by atoms with Crippen LogP contribution in [0, 0.1) is 5.82 Å². The van der Waals surface area contributed by atoms with Crippen molar-refractivity contribution in [3.63, 3.8) is 0 Å². The van der Waals surface area contributed by atoms with E-state index in [9.17, 15) is 4.39 Å². The second-order valence-corrected chi connectivity index (χ2v) is 6.58. The van der Waals surface area contributed by atoms with Gasteiger partial charge in [-0.15, -0.1) is 0 Å². The molecule has 0 bridgehead atoms. The lowest BCUT2D eigenvalue weighted by atomic mass is 10.1. The Morgan fingerprint density at radius 2 is 2.23 bits per heavy atom. The summed E-state index contributed by atoms with van der Waals surface area (Å²) in [6.45, 7) is 2.13. The zero-order valence-corrected chi connectivity index (χ0v) is 15.5. The summed E-state index contributed by atoms with van der Waals surface area (Å²) < 4.78 is 16.4. The largest absolute Gasteiger partial charge is 0.383 e. The first-order valence-electron chi connectivity index (χ1n) is 8.45. The minimum absolute atomic E-state index is 0.224. The van der Waals surface area contributed by atoms with E-state index in [2.05, 4.69) is 15.1 Å². The van der Waals surface area contributed by atoms with E-state index in [1.165, 1.54) is 6.07 Å². The van der Waals surface area contributed by atoms with Crippen LogP contribution in [0.4, 0.5) is 4.39 Å². The third-order valence-electron chi connectivity index (χ3n) is 4.20. The van der Waals surface area contributed by atoms with Crippen LogP contribution < -0.4 is 16.3 Å². The van der Waals surface area contributed by atoms with E-state index in [1.807, 2.05) is 19.1 Å². The summed E-state index contributed by atoms with van der Waals surface area (Å²) in [6.07, 6.45) is 9.26. The van der Waals surface area contributed by atoms with Crippen molar-refractivity contribution in [2.24, 2.45) is 15.7 Å². The Morgan fingerprint density at radius 1 is 1.46 bits per heavy atom. The molecule has 0 radical (unpaired) electrons. The number of halogens is 2. The predicted molar refractivity (Wildman–Crippen MR) is 105 cm³/mol. The van der Waals surface area contributed by atoms with Crippen LogP contribution in [-0.2, 0) is 6.54 Å². The van der Waals surface area contributed by atoms with Gasteiger partial charge in [-0.2, -0.15) is 5.10 Å². The molecule has 1 saturated carbocycles. The third-order valence-corrected chi connectivity index (χ3v) is 4.54. The third kappa shape index (κ3) is 4.02. The van der Waals surface area contributed by atoms with Gasteiger partial charge in [0.15, 0.2) is 0 Å². The summed E-state index contributed by atoms with van der Waals surface area (Å²) in [5.41, 5.74) is 6.84. The van der Waals surface area contributed by atoms with E-state index in [4.69, 9.17) is 17.3 Å². The number of rotatable bonds is 5. The second kappa shape index (κ2) is 7.83. The summed E-state index contributed by atoms with van der Waals surface area (Å²) in [5.74, 6) is -0.0862. The molecule has 1 aromatic carbocycles. The summed E-state index contributed by atoms with van der Waals surface area (Å²) >= 11 is 6.34. The zero-order valence-electron chi connectivity index (χ0n) is 14.8. The number of aromatic nitrogens is 2. The average molecular weight is 374 g/mol. The van der Waals surface area contributed by atoms with Gasteiger partial charge in [-0.3, -0.25) is 14.7 Å². The lowest BCUT2D eigenvalue weighted by Crippen LogP contribution is -2.30. The lowest BCUT2D eigenvalue weighted by Gasteiger charge is -2.10. The number of aliphatic imine (C=N–C) groups is 2. The summed E-state index contributed by atoms with van der Waals surface area (Å²) in [6, 6.07) is 3.32. The zero-order chi connectivity index (χ0) is 18.7. The van der Waals surface area contributed by atoms with Gasteiger partial charge in [-0.25, -0.2) is 4.39 Å². The molecule has 1 heterocycles. The van der Waals surface area contributed by atoms with Crippen LogP contribution in [0.1, 0.15) is 30.9 Å². The van der Waals surface area contributed by atoms with E-state index in [0.717, 1.165) is 23.4 Å². The van der Waals surface area contributed by atoms with Crippen molar-refractivity contribution < 1.29 is 4.39 Å². The Morgan fingerprint density at radius 3 is 2.85 bits per heavy atom. The monoisotopic (exact) mass is 373 g/mol. The highest BCUT2D eigenvalue weighted by atomic mass is 35.5. The molecule has 1 aliphatic carbocycles. The smallest absolute Gasteiger partial charge is 0.130 e.